The molecular formula is C35H40Cl2N4O2. The van der Waals surface area contributed by atoms with Crippen molar-refractivity contribution >= 4 is 40.7 Å². The molecule has 3 saturated heterocycles. The van der Waals surface area contributed by atoms with Crippen LogP contribution in [0.2, 0.25) is 10.0 Å². The lowest BCUT2D eigenvalue weighted by Crippen LogP contribution is -2.56. The molecule has 3 aromatic carbocycles. The van der Waals surface area contributed by atoms with E-state index < -0.39 is 5.54 Å². The quantitative estimate of drug-likeness (QED) is 0.322. The summed E-state index contributed by atoms with van der Waals surface area (Å²) in [6.45, 7) is 4.77. The van der Waals surface area contributed by atoms with Crippen molar-refractivity contribution in [2.24, 2.45) is 0 Å². The first-order valence-electron chi connectivity index (χ1n) is 15.5. The predicted octanol–water partition coefficient (Wildman–Crippen LogP) is 6.31. The molecule has 1 atom stereocenters. The van der Waals surface area contributed by atoms with Gasteiger partial charge in [0.15, 0.2) is 0 Å². The van der Waals surface area contributed by atoms with Gasteiger partial charge in [-0.2, -0.15) is 0 Å². The van der Waals surface area contributed by atoms with Crippen LogP contribution in [0.4, 0.5) is 5.69 Å². The van der Waals surface area contributed by atoms with E-state index in [-0.39, 0.29) is 17.2 Å². The number of carbonyl (C=O) groups excluding carboxylic acids is 2. The molecule has 1 N–H and O–H groups in total. The highest BCUT2D eigenvalue weighted by Gasteiger charge is 2.50. The average Bonchev–Trinajstić information content (AvgIpc) is 3.35. The maximum absolute atomic E-state index is 13.4. The molecule has 6 rings (SSSR count). The fourth-order valence-corrected chi connectivity index (χ4v) is 7.76. The lowest BCUT2D eigenvalue weighted by Gasteiger charge is -2.45. The van der Waals surface area contributed by atoms with Gasteiger partial charge in [0.1, 0.15) is 5.54 Å². The minimum absolute atomic E-state index is 0.150. The van der Waals surface area contributed by atoms with Crippen molar-refractivity contribution in [3.8, 4) is 0 Å². The van der Waals surface area contributed by atoms with Crippen LogP contribution in [0.5, 0.6) is 0 Å². The lowest BCUT2D eigenvalue weighted by atomic mass is 9.71. The zero-order valence-electron chi connectivity index (χ0n) is 24.6. The fourth-order valence-electron chi connectivity index (χ4n) is 7.46. The molecule has 0 saturated carbocycles. The Bertz CT molecular complexity index is 1430. The highest BCUT2D eigenvalue weighted by molar-refractivity contribution is 6.42. The Morgan fingerprint density at radius 1 is 0.860 bits per heavy atom. The summed E-state index contributed by atoms with van der Waals surface area (Å²) in [7, 11) is 0. The van der Waals surface area contributed by atoms with Crippen LogP contribution in [0, 0.1) is 0 Å². The molecular weight excluding hydrogens is 579 g/mol. The van der Waals surface area contributed by atoms with Gasteiger partial charge in [-0.25, -0.2) is 0 Å². The molecule has 0 radical (unpaired) electrons. The molecule has 3 fully saturated rings. The van der Waals surface area contributed by atoms with Crippen molar-refractivity contribution in [2.75, 3.05) is 44.3 Å². The first-order valence-corrected chi connectivity index (χ1v) is 16.2. The molecule has 226 valence electrons. The molecule has 6 nitrogen and oxygen atoms in total. The molecule has 8 heteroatoms. The fraction of sp³-hybridized carbons (Fsp3) is 0.429. The summed E-state index contributed by atoms with van der Waals surface area (Å²) in [5.74, 6) is 0.325. The number of piperidine rings is 2. The van der Waals surface area contributed by atoms with Gasteiger partial charge in [0.25, 0.3) is 0 Å². The van der Waals surface area contributed by atoms with Crippen LogP contribution in [-0.2, 0) is 21.4 Å². The number of para-hydroxylation sites is 1. The number of nitrogens with one attached hydrogen (secondary N) is 1. The van der Waals surface area contributed by atoms with Gasteiger partial charge in [-0.05, 0) is 80.5 Å². The summed E-state index contributed by atoms with van der Waals surface area (Å²) in [4.78, 5) is 33.3. The van der Waals surface area contributed by atoms with E-state index in [1.54, 1.807) is 0 Å². The van der Waals surface area contributed by atoms with Crippen LogP contribution in [-0.4, -0.2) is 66.5 Å². The second-order valence-corrected chi connectivity index (χ2v) is 13.2. The summed E-state index contributed by atoms with van der Waals surface area (Å²) in [6, 6.07) is 26.3. The van der Waals surface area contributed by atoms with Crippen molar-refractivity contribution in [3.05, 3.63) is 100 Å². The van der Waals surface area contributed by atoms with E-state index >= 15 is 0 Å². The number of hydrogen-bond donors (Lipinski definition) is 1. The zero-order chi connectivity index (χ0) is 29.9. The van der Waals surface area contributed by atoms with Crippen LogP contribution in [0.15, 0.2) is 78.9 Å². The second-order valence-electron chi connectivity index (χ2n) is 12.4. The number of nitrogens with zero attached hydrogens (tertiary/aromatic N) is 3. The third kappa shape index (κ3) is 6.29. The number of carbonyl (C=O) groups is 2. The molecule has 0 aliphatic carbocycles. The Morgan fingerprint density at radius 3 is 2.30 bits per heavy atom. The Morgan fingerprint density at radius 2 is 1.58 bits per heavy atom. The highest BCUT2D eigenvalue weighted by Crippen LogP contribution is 2.41. The van der Waals surface area contributed by atoms with E-state index in [9.17, 15) is 9.59 Å². The smallest absolute Gasteiger partial charge is 0.247 e. The monoisotopic (exact) mass is 618 g/mol. The molecule has 3 aromatic rings. The molecule has 3 aliphatic heterocycles. The molecule has 3 heterocycles. The van der Waals surface area contributed by atoms with Crippen molar-refractivity contribution < 1.29 is 9.59 Å². The molecule has 3 aliphatic rings. The largest absolute Gasteiger partial charge is 0.342 e. The van der Waals surface area contributed by atoms with E-state index in [0.717, 1.165) is 81.5 Å². The number of halogens is 2. The van der Waals surface area contributed by atoms with Crippen LogP contribution >= 0.6 is 23.2 Å². The van der Waals surface area contributed by atoms with Crippen LogP contribution in [0.3, 0.4) is 0 Å². The standard InChI is InChI=1S/C35H40Cl2N4O2/c36-30-14-13-28(24-31(30)37)34(16-8-20-40(25-34)32(42)23-27-9-3-1-4-10-27)15-7-19-39-21-17-35(18-22-39)33(43)38-26-41(35)29-11-5-2-6-12-29/h1-6,9-14,24H,7-8,15-23,25-26H2,(H,38,43). The third-order valence-electron chi connectivity index (χ3n) is 9.88. The van der Waals surface area contributed by atoms with Gasteiger partial charge in [0.2, 0.25) is 11.8 Å². The summed E-state index contributed by atoms with van der Waals surface area (Å²) in [5, 5.41) is 4.22. The van der Waals surface area contributed by atoms with Gasteiger partial charge in [0.05, 0.1) is 23.1 Å². The minimum Gasteiger partial charge on any atom is -0.342 e. The van der Waals surface area contributed by atoms with E-state index in [1.165, 1.54) is 0 Å². The van der Waals surface area contributed by atoms with E-state index in [1.807, 2.05) is 60.7 Å². The molecule has 43 heavy (non-hydrogen) atoms. The first kappa shape index (κ1) is 30.0. The summed E-state index contributed by atoms with van der Waals surface area (Å²) in [5.41, 5.74) is 2.66. The van der Waals surface area contributed by atoms with Gasteiger partial charge in [-0.15, -0.1) is 0 Å². The maximum atomic E-state index is 13.4. The Balaban J connectivity index is 1.12. The number of hydrogen-bond acceptors (Lipinski definition) is 4. The summed E-state index contributed by atoms with van der Waals surface area (Å²) >= 11 is 12.8. The Labute approximate surface area is 264 Å². The summed E-state index contributed by atoms with van der Waals surface area (Å²) < 4.78 is 0. The predicted molar refractivity (Wildman–Crippen MR) is 174 cm³/mol. The number of amides is 2. The second kappa shape index (κ2) is 12.9. The van der Waals surface area contributed by atoms with Crippen LogP contribution in [0.25, 0.3) is 0 Å². The maximum Gasteiger partial charge on any atom is 0.247 e. The number of anilines is 1. The number of benzene rings is 3. The minimum atomic E-state index is -0.470. The van der Waals surface area contributed by atoms with Gasteiger partial charge < -0.3 is 20.0 Å². The average molecular weight is 620 g/mol. The van der Waals surface area contributed by atoms with Crippen molar-refractivity contribution in [2.45, 2.75) is 55.9 Å². The van der Waals surface area contributed by atoms with Gasteiger partial charge in [-0.3, -0.25) is 9.59 Å². The molecule has 2 amide bonds. The Kier molecular flexibility index (Phi) is 8.99. The summed E-state index contributed by atoms with van der Waals surface area (Å²) in [6.07, 6.45) is 5.97. The zero-order valence-corrected chi connectivity index (χ0v) is 26.1. The topological polar surface area (TPSA) is 55.9 Å². The first-order chi connectivity index (χ1) is 20.9. The molecule has 1 spiro atoms. The number of rotatable bonds is 8. The number of likely N-dealkylation sites (tertiary alicyclic amines) is 2. The molecule has 0 aromatic heterocycles. The van der Waals surface area contributed by atoms with Crippen molar-refractivity contribution in [1.82, 2.24) is 15.1 Å². The van der Waals surface area contributed by atoms with E-state index in [0.29, 0.717) is 29.7 Å². The molecule has 1 unspecified atom stereocenters. The normalized spacial score (nSPS) is 22.1. The van der Waals surface area contributed by atoms with Crippen LogP contribution in [0.1, 0.15) is 49.7 Å². The Hall–Kier alpha value is -3.06. The SMILES string of the molecule is O=C(Cc1ccccc1)N1CCCC(CCCN2CCC3(CC2)C(=O)NCN3c2ccccc2)(c2ccc(Cl)c(Cl)c2)C1. The van der Waals surface area contributed by atoms with Gasteiger partial charge >= 0.3 is 0 Å². The van der Waals surface area contributed by atoms with E-state index in [4.69, 9.17) is 23.2 Å². The van der Waals surface area contributed by atoms with Crippen molar-refractivity contribution in [1.29, 1.82) is 0 Å². The van der Waals surface area contributed by atoms with Crippen molar-refractivity contribution in [3.63, 3.8) is 0 Å². The van der Waals surface area contributed by atoms with Gasteiger partial charge in [0, 0.05) is 37.3 Å². The van der Waals surface area contributed by atoms with E-state index in [2.05, 4.69) is 38.2 Å². The highest BCUT2D eigenvalue weighted by atomic mass is 35.5. The molecule has 0 bridgehead atoms. The van der Waals surface area contributed by atoms with Gasteiger partial charge in [-0.1, -0.05) is 77.8 Å². The lowest BCUT2D eigenvalue weighted by molar-refractivity contribution is -0.133. The third-order valence-corrected chi connectivity index (χ3v) is 10.6. The van der Waals surface area contributed by atoms with Crippen LogP contribution < -0.4 is 10.2 Å².